The number of rotatable bonds is 5. The molecule has 1 fully saturated rings. The summed E-state index contributed by atoms with van der Waals surface area (Å²) in [6.07, 6.45) is 3.92. The van der Waals surface area contributed by atoms with Crippen LogP contribution in [0.5, 0.6) is 0 Å². The van der Waals surface area contributed by atoms with Gasteiger partial charge in [-0.25, -0.2) is 13.1 Å². The summed E-state index contributed by atoms with van der Waals surface area (Å²) in [5.74, 6) is 0.107. The van der Waals surface area contributed by atoms with Gasteiger partial charge in [0.25, 0.3) is 0 Å². The summed E-state index contributed by atoms with van der Waals surface area (Å²) >= 11 is 0. The van der Waals surface area contributed by atoms with Crippen molar-refractivity contribution in [2.75, 3.05) is 0 Å². The lowest BCUT2D eigenvalue weighted by atomic mass is 9.78. The van der Waals surface area contributed by atoms with Crippen LogP contribution in [0.25, 0.3) is 22.2 Å². The number of fused-ring (bicyclic) bond motifs is 1. The van der Waals surface area contributed by atoms with Crippen molar-refractivity contribution in [2.24, 2.45) is 0 Å². The van der Waals surface area contributed by atoms with Gasteiger partial charge in [0.05, 0.1) is 10.6 Å². The van der Waals surface area contributed by atoms with E-state index in [0.717, 1.165) is 48.0 Å². The SMILES string of the molecule is Cc1ccc(S(=O)(=O)NC2CCCCC2c2c(-c3ccccc3)[nH]c3ccccc23)cc1. The third-order valence-electron chi connectivity index (χ3n) is 6.58. The molecule has 0 aliphatic heterocycles. The monoisotopic (exact) mass is 444 g/mol. The van der Waals surface area contributed by atoms with E-state index in [2.05, 4.69) is 40.0 Å². The molecule has 1 aromatic heterocycles. The number of aryl methyl sites for hydroxylation is 1. The second-order valence-electron chi connectivity index (χ2n) is 8.76. The lowest BCUT2D eigenvalue weighted by Crippen LogP contribution is -2.41. The lowest BCUT2D eigenvalue weighted by Gasteiger charge is -2.33. The minimum Gasteiger partial charge on any atom is -0.354 e. The van der Waals surface area contributed by atoms with Gasteiger partial charge in [-0.1, -0.05) is 79.1 Å². The average molecular weight is 445 g/mol. The molecule has 0 bridgehead atoms. The molecule has 2 unspecified atom stereocenters. The Balaban J connectivity index is 1.58. The highest BCUT2D eigenvalue weighted by molar-refractivity contribution is 7.89. The van der Waals surface area contributed by atoms with Gasteiger partial charge in [0.2, 0.25) is 10.0 Å². The van der Waals surface area contributed by atoms with E-state index in [-0.39, 0.29) is 12.0 Å². The molecule has 0 saturated heterocycles. The third-order valence-corrected chi connectivity index (χ3v) is 8.09. The summed E-state index contributed by atoms with van der Waals surface area (Å²) in [5.41, 5.74) is 5.59. The topological polar surface area (TPSA) is 62.0 Å². The Morgan fingerprint density at radius 2 is 1.53 bits per heavy atom. The van der Waals surface area contributed by atoms with Gasteiger partial charge in [-0.2, -0.15) is 0 Å². The first-order valence-electron chi connectivity index (χ1n) is 11.3. The number of aromatic nitrogens is 1. The van der Waals surface area contributed by atoms with E-state index in [1.54, 1.807) is 12.1 Å². The fourth-order valence-electron chi connectivity index (χ4n) is 4.98. The van der Waals surface area contributed by atoms with Gasteiger partial charge >= 0.3 is 0 Å². The summed E-state index contributed by atoms with van der Waals surface area (Å²) in [4.78, 5) is 3.95. The van der Waals surface area contributed by atoms with Crippen molar-refractivity contribution in [3.63, 3.8) is 0 Å². The number of hydrogen-bond acceptors (Lipinski definition) is 2. The lowest BCUT2D eigenvalue weighted by molar-refractivity contribution is 0.363. The molecule has 5 rings (SSSR count). The van der Waals surface area contributed by atoms with Crippen LogP contribution in [0.4, 0.5) is 0 Å². The first-order valence-corrected chi connectivity index (χ1v) is 12.8. The van der Waals surface area contributed by atoms with Crippen LogP contribution in [0, 0.1) is 6.92 Å². The molecule has 4 nitrogen and oxygen atoms in total. The Morgan fingerprint density at radius 3 is 2.31 bits per heavy atom. The van der Waals surface area contributed by atoms with Crippen molar-refractivity contribution in [2.45, 2.75) is 49.5 Å². The molecule has 0 radical (unpaired) electrons. The molecule has 4 aromatic rings. The third kappa shape index (κ3) is 3.98. The largest absolute Gasteiger partial charge is 0.354 e. The molecule has 1 saturated carbocycles. The van der Waals surface area contributed by atoms with Gasteiger partial charge in [0.1, 0.15) is 0 Å². The summed E-state index contributed by atoms with van der Waals surface area (Å²) in [6.45, 7) is 1.96. The zero-order chi connectivity index (χ0) is 22.1. The van der Waals surface area contributed by atoms with E-state index in [1.165, 1.54) is 10.9 Å². The Hall–Kier alpha value is -2.89. The van der Waals surface area contributed by atoms with Crippen molar-refractivity contribution in [1.29, 1.82) is 0 Å². The summed E-state index contributed by atoms with van der Waals surface area (Å²) in [6, 6.07) is 25.6. The molecular formula is C27H28N2O2S. The predicted molar refractivity (Wildman–Crippen MR) is 130 cm³/mol. The van der Waals surface area contributed by atoms with E-state index in [4.69, 9.17) is 0 Å². The highest BCUT2D eigenvalue weighted by atomic mass is 32.2. The van der Waals surface area contributed by atoms with Crippen LogP contribution in [-0.2, 0) is 10.0 Å². The molecule has 32 heavy (non-hydrogen) atoms. The van der Waals surface area contributed by atoms with Crippen molar-refractivity contribution in [3.05, 3.63) is 90.0 Å². The van der Waals surface area contributed by atoms with Crippen LogP contribution >= 0.6 is 0 Å². The Labute approximate surface area is 189 Å². The maximum atomic E-state index is 13.2. The van der Waals surface area contributed by atoms with E-state index in [9.17, 15) is 8.42 Å². The Kier molecular flexibility index (Phi) is 5.62. The number of hydrogen-bond donors (Lipinski definition) is 2. The summed E-state index contributed by atoms with van der Waals surface area (Å²) < 4.78 is 29.5. The van der Waals surface area contributed by atoms with E-state index < -0.39 is 10.0 Å². The molecule has 1 aliphatic carbocycles. The first-order chi connectivity index (χ1) is 15.5. The molecule has 3 aromatic carbocycles. The number of benzene rings is 3. The number of H-pyrrole nitrogens is 1. The minimum absolute atomic E-state index is 0.107. The van der Waals surface area contributed by atoms with Gasteiger partial charge in [-0.3, -0.25) is 0 Å². The van der Waals surface area contributed by atoms with Crippen molar-refractivity contribution >= 4 is 20.9 Å². The highest BCUT2D eigenvalue weighted by Gasteiger charge is 2.34. The second kappa shape index (κ2) is 8.57. The van der Waals surface area contributed by atoms with Crippen molar-refractivity contribution in [1.82, 2.24) is 9.71 Å². The maximum Gasteiger partial charge on any atom is 0.240 e. The zero-order valence-electron chi connectivity index (χ0n) is 18.2. The van der Waals surface area contributed by atoms with Gasteiger partial charge in [-0.05, 0) is 49.1 Å². The van der Waals surface area contributed by atoms with Crippen molar-refractivity contribution < 1.29 is 8.42 Å². The van der Waals surface area contributed by atoms with Gasteiger partial charge in [0.15, 0.2) is 0 Å². The van der Waals surface area contributed by atoms with Gasteiger partial charge in [0, 0.05) is 22.9 Å². The fourth-order valence-corrected chi connectivity index (χ4v) is 6.29. The standard InChI is InChI=1S/C27H28N2O2S/c1-19-15-17-21(18-16-19)32(30,31)29-25-14-8-6-12-23(25)26-22-11-5-7-13-24(22)28-27(26)20-9-3-2-4-10-20/h2-5,7,9-11,13,15-18,23,25,28-29H,6,8,12,14H2,1H3. The van der Waals surface area contributed by atoms with E-state index in [0.29, 0.717) is 4.90 Å². The predicted octanol–water partition coefficient (Wildman–Crippen LogP) is 6.15. The summed E-state index contributed by atoms with van der Waals surface area (Å²) in [7, 11) is -3.59. The highest BCUT2D eigenvalue weighted by Crippen LogP contribution is 2.42. The normalized spacial score (nSPS) is 19.3. The molecule has 164 valence electrons. The Morgan fingerprint density at radius 1 is 0.844 bits per heavy atom. The molecule has 2 N–H and O–H groups in total. The number of nitrogens with one attached hydrogen (secondary N) is 2. The van der Waals surface area contributed by atoms with Gasteiger partial charge < -0.3 is 4.98 Å². The van der Waals surface area contributed by atoms with Crippen LogP contribution in [-0.4, -0.2) is 19.4 Å². The number of aromatic amines is 1. The van der Waals surface area contributed by atoms with Crippen LogP contribution in [0.15, 0.2) is 83.8 Å². The van der Waals surface area contributed by atoms with Crippen LogP contribution in [0.2, 0.25) is 0 Å². The maximum absolute atomic E-state index is 13.2. The van der Waals surface area contributed by atoms with Crippen LogP contribution < -0.4 is 4.72 Å². The number of sulfonamides is 1. The summed E-state index contributed by atoms with van der Waals surface area (Å²) in [5, 5.41) is 1.18. The fraction of sp³-hybridized carbons (Fsp3) is 0.259. The average Bonchev–Trinajstić information content (AvgIpc) is 3.20. The number of para-hydroxylation sites is 1. The van der Waals surface area contributed by atoms with Gasteiger partial charge in [-0.15, -0.1) is 0 Å². The molecule has 1 heterocycles. The van der Waals surface area contributed by atoms with E-state index >= 15 is 0 Å². The van der Waals surface area contributed by atoms with Crippen LogP contribution in [0.3, 0.4) is 0 Å². The molecule has 1 aliphatic rings. The second-order valence-corrected chi connectivity index (χ2v) is 10.5. The molecule has 2 atom stereocenters. The Bertz CT molecular complexity index is 1330. The first kappa shape index (κ1) is 21.0. The quantitative estimate of drug-likeness (QED) is 0.388. The zero-order valence-corrected chi connectivity index (χ0v) is 19.0. The molecule has 0 spiro atoms. The molecule has 0 amide bonds. The smallest absolute Gasteiger partial charge is 0.240 e. The van der Waals surface area contributed by atoms with Crippen molar-refractivity contribution in [3.8, 4) is 11.3 Å². The minimum atomic E-state index is -3.59. The van der Waals surface area contributed by atoms with Crippen LogP contribution in [0.1, 0.15) is 42.7 Å². The molecular weight excluding hydrogens is 416 g/mol. The molecule has 5 heteroatoms. The van der Waals surface area contributed by atoms with E-state index in [1.807, 2.05) is 43.3 Å².